The minimum atomic E-state index is -0.609. The van der Waals surface area contributed by atoms with Gasteiger partial charge in [0.25, 0.3) is 5.91 Å². The van der Waals surface area contributed by atoms with Crippen molar-refractivity contribution in [2.75, 3.05) is 0 Å². The Bertz CT molecular complexity index is 1340. The summed E-state index contributed by atoms with van der Waals surface area (Å²) in [6.07, 6.45) is 7.79. The second-order valence-corrected chi connectivity index (χ2v) is 11.0. The number of carbonyl (C=O) groups excluding carboxylic acids is 2. The number of hydrogen-bond donors (Lipinski definition) is 0. The molecule has 0 bridgehead atoms. The van der Waals surface area contributed by atoms with Gasteiger partial charge < -0.3 is 9.64 Å². The van der Waals surface area contributed by atoms with Crippen molar-refractivity contribution in [1.82, 2.24) is 14.7 Å². The SMILES string of the molecule is CC(C)(C)OC(=O)n1cc2c(n1)CCC(N(C(=O)c1ccc(C3=C(C#N)CCC=C3F)cc1)C1CC1)C2. The van der Waals surface area contributed by atoms with E-state index in [0.717, 1.165) is 30.5 Å². The third-order valence-electron chi connectivity index (χ3n) is 7.01. The van der Waals surface area contributed by atoms with Gasteiger partial charge in [0, 0.05) is 35.0 Å². The van der Waals surface area contributed by atoms with Gasteiger partial charge in [0.1, 0.15) is 11.4 Å². The molecule has 3 aliphatic carbocycles. The van der Waals surface area contributed by atoms with Crippen LogP contribution in [0.25, 0.3) is 5.57 Å². The molecule has 8 heteroatoms. The maximum Gasteiger partial charge on any atom is 0.435 e. The smallest absolute Gasteiger partial charge is 0.435 e. The predicted molar refractivity (Wildman–Crippen MR) is 136 cm³/mol. The normalized spacial score (nSPS) is 19.5. The molecule has 7 nitrogen and oxygen atoms in total. The highest BCUT2D eigenvalue weighted by Crippen LogP contribution is 2.36. The molecule has 1 heterocycles. The number of benzene rings is 1. The van der Waals surface area contributed by atoms with Crippen LogP contribution in [0, 0.1) is 11.3 Å². The Kier molecular flexibility index (Phi) is 6.49. The Morgan fingerprint density at radius 3 is 2.51 bits per heavy atom. The van der Waals surface area contributed by atoms with Crippen molar-refractivity contribution in [3.8, 4) is 6.07 Å². The van der Waals surface area contributed by atoms with Crippen LogP contribution in [0.15, 0.2) is 47.9 Å². The molecule has 0 spiro atoms. The van der Waals surface area contributed by atoms with Gasteiger partial charge in [-0.1, -0.05) is 12.1 Å². The van der Waals surface area contributed by atoms with Gasteiger partial charge in [-0.05, 0) is 95.1 Å². The van der Waals surface area contributed by atoms with Crippen LogP contribution in [0.1, 0.15) is 80.1 Å². The monoisotopic (exact) mass is 502 g/mol. The summed E-state index contributed by atoms with van der Waals surface area (Å²) in [5.74, 6) is -0.428. The maximum atomic E-state index is 14.5. The summed E-state index contributed by atoms with van der Waals surface area (Å²) in [4.78, 5) is 28.1. The summed E-state index contributed by atoms with van der Waals surface area (Å²) in [6, 6.07) is 9.25. The fourth-order valence-electron chi connectivity index (χ4n) is 5.17. The standard InChI is InChI=1S/C29H31FN4O3/c1-29(2,3)37-28(36)33-17-21-15-23(13-14-25(21)32-33)34(22-11-12-22)27(35)19-9-7-18(8-10-19)26-20(16-31)5-4-6-24(26)30/h6-10,17,22-23H,4-5,11-15H2,1-3H3. The number of nitriles is 1. The molecule has 37 heavy (non-hydrogen) atoms. The highest BCUT2D eigenvalue weighted by molar-refractivity contribution is 5.95. The van der Waals surface area contributed by atoms with Crippen LogP contribution in [0.2, 0.25) is 0 Å². The molecule has 1 aromatic heterocycles. The van der Waals surface area contributed by atoms with Crippen LogP contribution in [0.4, 0.5) is 9.18 Å². The summed E-state index contributed by atoms with van der Waals surface area (Å²) < 4.78 is 21.2. The lowest BCUT2D eigenvalue weighted by Gasteiger charge is -2.34. The number of fused-ring (bicyclic) bond motifs is 1. The lowest BCUT2D eigenvalue weighted by molar-refractivity contribution is 0.0513. The molecule has 1 unspecified atom stereocenters. The Hall–Kier alpha value is -3.73. The number of nitrogens with zero attached hydrogens (tertiary/aromatic N) is 4. The molecule has 1 aromatic carbocycles. The second-order valence-electron chi connectivity index (χ2n) is 11.0. The summed E-state index contributed by atoms with van der Waals surface area (Å²) in [6.45, 7) is 5.45. The number of aryl methyl sites for hydroxylation is 1. The van der Waals surface area contributed by atoms with Crippen molar-refractivity contribution in [1.29, 1.82) is 5.26 Å². The molecule has 3 aliphatic rings. The number of hydrogen-bond acceptors (Lipinski definition) is 5. The molecular formula is C29H31FN4O3. The number of ether oxygens (including phenoxy) is 1. The predicted octanol–water partition coefficient (Wildman–Crippen LogP) is 5.75. The van der Waals surface area contributed by atoms with E-state index in [0.29, 0.717) is 48.0 Å². The Labute approximate surface area is 216 Å². The second kappa shape index (κ2) is 9.62. The zero-order valence-electron chi connectivity index (χ0n) is 21.5. The van der Waals surface area contributed by atoms with E-state index in [2.05, 4.69) is 11.2 Å². The van der Waals surface area contributed by atoms with Crippen molar-refractivity contribution in [2.45, 2.75) is 83.4 Å². The molecule has 0 N–H and O–H groups in total. The zero-order chi connectivity index (χ0) is 26.3. The van der Waals surface area contributed by atoms with Crippen molar-refractivity contribution in [3.63, 3.8) is 0 Å². The zero-order valence-corrected chi connectivity index (χ0v) is 21.5. The quantitative estimate of drug-likeness (QED) is 0.531. The molecule has 5 rings (SSSR count). The van der Waals surface area contributed by atoms with E-state index in [1.807, 2.05) is 25.7 Å². The van der Waals surface area contributed by atoms with Crippen LogP contribution >= 0.6 is 0 Å². The summed E-state index contributed by atoms with van der Waals surface area (Å²) in [7, 11) is 0. The average Bonchev–Trinajstić information content (AvgIpc) is 3.59. The first-order valence-electron chi connectivity index (χ1n) is 12.9. The maximum absolute atomic E-state index is 14.5. The molecule has 1 amide bonds. The van der Waals surface area contributed by atoms with E-state index >= 15 is 0 Å². The number of amides is 1. The van der Waals surface area contributed by atoms with E-state index in [1.54, 1.807) is 30.5 Å². The molecule has 0 radical (unpaired) electrons. The van der Waals surface area contributed by atoms with Crippen LogP contribution in [0.3, 0.4) is 0 Å². The van der Waals surface area contributed by atoms with E-state index in [1.165, 1.54) is 10.8 Å². The van der Waals surface area contributed by atoms with E-state index in [9.17, 15) is 19.2 Å². The molecule has 0 aliphatic heterocycles. The largest absolute Gasteiger partial charge is 0.442 e. The molecule has 1 atom stereocenters. The highest BCUT2D eigenvalue weighted by Gasteiger charge is 2.39. The van der Waals surface area contributed by atoms with Crippen molar-refractivity contribution < 1.29 is 18.7 Å². The van der Waals surface area contributed by atoms with E-state index in [-0.39, 0.29) is 23.8 Å². The van der Waals surface area contributed by atoms with Crippen LogP contribution < -0.4 is 0 Å². The molecule has 192 valence electrons. The van der Waals surface area contributed by atoms with Crippen LogP contribution in [-0.4, -0.2) is 44.4 Å². The van der Waals surface area contributed by atoms with Gasteiger partial charge in [-0.15, -0.1) is 0 Å². The van der Waals surface area contributed by atoms with Gasteiger partial charge in [0.15, 0.2) is 0 Å². The van der Waals surface area contributed by atoms with E-state index in [4.69, 9.17) is 4.74 Å². The van der Waals surface area contributed by atoms with Crippen molar-refractivity contribution in [2.24, 2.45) is 0 Å². The van der Waals surface area contributed by atoms with Gasteiger partial charge >= 0.3 is 6.09 Å². The molecular weight excluding hydrogens is 471 g/mol. The number of allylic oxidation sites excluding steroid dienone is 4. The Morgan fingerprint density at radius 1 is 1.14 bits per heavy atom. The minimum Gasteiger partial charge on any atom is -0.442 e. The fourth-order valence-corrected chi connectivity index (χ4v) is 5.17. The van der Waals surface area contributed by atoms with Gasteiger partial charge in [-0.2, -0.15) is 15.0 Å². The molecule has 1 saturated carbocycles. The number of rotatable bonds is 4. The summed E-state index contributed by atoms with van der Waals surface area (Å²) in [5, 5.41) is 13.9. The van der Waals surface area contributed by atoms with Crippen molar-refractivity contribution in [3.05, 3.63) is 70.3 Å². The van der Waals surface area contributed by atoms with Gasteiger partial charge in [-0.3, -0.25) is 4.79 Å². The molecule has 1 fully saturated rings. The minimum absolute atomic E-state index is 0.00934. The Morgan fingerprint density at radius 2 is 1.86 bits per heavy atom. The first kappa shape index (κ1) is 24.9. The third kappa shape index (κ3) is 5.22. The van der Waals surface area contributed by atoms with Gasteiger partial charge in [-0.25, -0.2) is 9.18 Å². The summed E-state index contributed by atoms with van der Waals surface area (Å²) >= 11 is 0. The van der Waals surface area contributed by atoms with Gasteiger partial charge in [0.05, 0.1) is 11.8 Å². The first-order valence-corrected chi connectivity index (χ1v) is 12.9. The van der Waals surface area contributed by atoms with E-state index < -0.39 is 11.7 Å². The topological polar surface area (TPSA) is 88.2 Å². The average molecular weight is 503 g/mol. The van der Waals surface area contributed by atoms with Crippen LogP contribution in [0.5, 0.6) is 0 Å². The highest BCUT2D eigenvalue weighted by atomic mass is 19.1. The lowest BCUT2D eigenvalue weighted by atomic mass is 9.90. The lowest BCUT2D eigenvalue weighted by Crippen LogP contribution is -2.44. The number of aromatic nitrogens is 2. The molecule has 0 saturated heterocycles. The Balaban J connectivity index is 1.34. The fraction of sp³-hybridized carbons (Fsp3) is 0.448. The number of carbonyl (C=O) groups is 2. The first-order chi connectivity index (χ1) is 17.6. The van der Waals surface area contributed by atoms with Crippen LogP contribution in [-0.2, 0) is 17.6 Å². The van der Waals surface area contributed by atoms with Gasteiger partial charge in [0.2, 0.25) is 0 Å². The third-order valence-corrected chi connectivity index (χ3v) is 7.01. The number of halogens is 1. The van der Waals surface area contributed by atoms with Crippen molar-refractivity contribution >= 4 is 17.6 Å². The summed E-state index contributed by atoms with van der Waals surface area (Å²) in [5.41, 5.74) is 3.15. The molecule has 2 aromatic rings.